The Morgan fingerprint density at radius 3 is 2.04 bits per heavy atom. The summed E-state index contributed by atoms with van der Waals surface area (Å²) in [6, 6.07) is 14.0. The molecule has 5 nitrogen and oxygen atoms in total. The smallest absolute Gasteiger partial charge is 0.272 e. The monoisotopic (exact) mass is 308 g/mol. The van der Waals surface area contributed by atoms with Gasteiger partial charge in [0.2, 0.25) is 0 Å². The number of anilines is 2. The van der Waals surface area contributed by atoms with Gasteiger partial charge in [-0.25, -0.2) is 5.10 Å². The van der Waals surface area contributed by atoms with Crippen molar-refractivity contribution in [3.63, 3.8) is 0 Å². The van der Waals surface area contributed by atoms with Gasteiger partial charge < -0.3 is 9.80 Å². The second-order valence-corrected chi connectivity index (χ2v) is 5.97. The molecule has 23 heavy (non-hydrogen) atoms. The molecule has 2 aromatic carbocycles. The average molecular weight is 308 g/mol. The van der Waals surface area contributed by atoms with Crippen molar-refractivity contribution in [3.8, 4) is 11.3 Å². The van der Waals surface area contributed by atoms with E-state index in [9.17, 15) is 4.79 Å². The zero-order valence-corrected chi connectivity index (χ0v) is 13.8. The molecule has 0 bridgehead atoms. The molecule has 0 spiro atoms. The molecular weight excluding hydrogens is 288 g/mol. The summed E-state index contributed by atoms with van der Waals surface area (Å²) in [6.45, 7) is 0. The van der Waals surface area contributed by atoms with Gasteiger partial charge in [0.15, 0.2) is 0 Å². The summed E-state index contributed by atoms with van der Waals surface area (Å²) in [4.78, 5) is 16.2. The molecule has 0 amide bonds. The van der Waals surface area contributed by atoms with E-state index in [0.717, 1.165) is 28.0 Å². The van der Waals surface area contributed by atoms with Crippen LogP contribution in [-0.4, -0.2) is 38.4 Å². The Hall–Kier alpha value is -2.82. The molecule has 118 valence electrons. The molecule has 3 aromatic rings. The summed E-state index contributed by atoms with van der Waals surface area (Å²) in [5, 5.41) is 8.38. The Balaban J connectivity index is 2.18. The molecule has 0 aliphatic rings. The van der Waals surface area contributed by atoms with Crippen LogP contribution in [0.4, 0.5) is 11.4 Å². The van der Waals surface area contributed by atoms with E-state index in [1.54, 1.807) is 0 Å². The van der Waals surface area contributed by atoms with E-state index in [4.69, 9.17) is 0 Å². The maximum Gasteiger partial charge on any atom is 0.272 e. The van der Waals surface area contributed by atoms with E-state index in [-0.39, 0.29) is 5.56 Å². The van der Waals surface area contributed by atoms with E-state index >= 15 is 0 Å². The lowest BCUT2D eigenvalue weighted by atomic mass is 10.0. The molecule has 0 fully saturated rings. The Bertz CT molecular complexity index is 895. The van der Waals surface area contributed by atoms with Crippen molar-refractivity contribution >= 4 is 22.1 Å². The number of benzene rings is 2. The van der Waals surface area contributed by atoms with Crippen molar-refractivity contribution in [2.45, 2.75) is 0 Å². The summed E-state index contributed by atoms with van der Waals surface area (Å²) < 4.78 is 0. The standard InChI is InChI=1S/C18H20N4O/c1-21(2)13-7-5-12(6-8-13)17-15-10-9-14(22(3)4)11-16(15)18(23)20-19-17/h5-11H,1-4H3,(H,20,23). The number of hydrogen-bond donors (Lipinski definition) is 1. The van der Waals surface area contributed by atoms with Gasteiger partial charge in [-0.15, -0.1) is 0 Å². The zero-order valence-electron chi connectivity index (χ0n) is 13.8. The Labute approximate surface area is 135 Å². The van der Waals surface area contributed by atoms with E-state index in [2.05, 4.69) is 10.2 Å². The summed E-state index contributed by atoms with van der Waals surface area (Å²) in [7, 11) is 7.92. The largest absolute Gasteiger partial charge is 0.378 e. The molecule has 1 N–H and O–H groups in total. The Morgan fingerprint density at radius 2 is 1.43 bits per heavy atom. The number of aromatic nitrogens is 2. The lowest BCUT2D eigenvalue weighted by Crippen LogP contribution is -2.12. The van der Waals surface area contributed by atoms with E-state index in [1.165, 1.54) is 0 Å². The fourth-order valence-electron chi connectivity index (χ4n) is 2.57. The molecule has 0 aliphatic heterocycles. The maximum absolute atomic E-state index is 12.1. The van der Waals surface area contributed by atoms with Crippen molar-refractivity contribution in [1.29, 1.82) is 0 Å². The highest BCUT2D eigenvalue weighted by Gasteiger charge is 2.10. The van der Waals surface area contributed by atoms with Crippen LogP contribution in [0, 0.1) is 0 Å². The van der Waals surface area contributed by atoms with Crippen LogP contribution in [0.3, 0.4) is 0 Å². The van der Waals surface area contributed by atoms with Gasteiger partial charge in [-0.2, -0.15) is 5.10 Å². The second-order valence-electron chi connectivity index (χ2n) is 5.97. The van der Waals surface area contributed by atoms with E-state index < -0.39 is 0 Å². The van der Waals surface area contributed by atoms with Crippen molar-refractivity contribution in [2.75, 3.05) is 38.0 Å². The van der Waals surface area contributed by atoms with Crippen LogP contribution in [-0.2, 0) is 0 Å². The number of hydrogen-bond acceptors (Lipinski definition) is 4. The highest BCUT2D eigenvalue weighted by atomic mass is 16.1. The van der Waals surface area contributed by atoms with E-state index in [0.29, 0.717) is 5.39 Å². The second kappa shape index (κ2) is 5.76. The van der Waals surface area contributed by atoms with Gasteiger partial charge in [-0.3, -0.25) is 4.79 Å². The Morgan fingerprint density at radius 1 is 0.826 bits per heavy atom. The van der Waals surface area contributed by atoms with Gasteiger partial charge in [0.05, 0.1) is 11.1 Å². The quantitative estimate of drug-likeness (QED) is 0.808. The minimum absolute atomic E-state index is 0.169. The molecule has 0 saturated heterocycles. The van der Waals surface area contributed by atoms with Gasteiger partial charge >= 0.3 is 0 Å². The van der Waals surface area contributed by atoms with Crippen molar-refractivity contribution < 1.29 is 0 Å². The minimum Gasteiger partial charge on any atom is -0.378 e. The molecule has 0 radical (unpaired) electrons. The van der Waals surface area contributed by atoms with Crippen molar-refractivity contribution in [2.24, 2.45) is 0 Å². The number of nitrogens with one attached hydrogen (secondary N) is 1. The van der Waals surface area contributed by atoms with Gasteiger partial charge in [-0.05, 0) is 30.3 Å². The summed E-state index contributed by atoms with van der Waals surface area (Å²) in [6.07, 6.45) is 0. The molecule has 3 rings (SSSR count). The van der Waals surface area contributed by atoms with Crippen LogP contribution in [0.5, 0.6) is 0 Å². The third-order valence-corrected chi connectivity index (χ3v) is 3.95. The molecule has 1 heterocycles. The highest BCUT2D eigenvalue weighted by Crippen LogP contribution is 2.28. The zero-order chi connectivity index (χ0) is 16.6. The topological polar surface area (TPSA) is 52.2 Å². The number of H-pyrrole nitrogens is 1. The molecule has 1 aromatic heterocycles. The van der Waals surface area contributed by atoms with Gasteiger partial charge in [0, 0.05) is 50.5 Å². The fraction of sp³-hybridized carbons (Fsp3) is 0.222. The van der Waals surface area contributed by atoms with Gasteiger partial charge in [-0.1, -0.05) is 12.1 Å². The van der Waals surface area contributed by atoms with Gasteiger partial charge in [0.1, 0.15) is 0 Å². The molecule has 0 atom stereocenters. The lowest BCUT2D eigenvalue weighted by Gasteiger charge is -2.14. The van der Waals surface area contributed by atoms with Crippen molar-refractivity contribution in [1.82, 2.24) is 10.2 Å². The number of aromatic amines is 1. The molecule has 0 aliphatic carbocycles. The summed E-state index contributed by atoms with van der Waals surface area (Å²) in [5.74, 6) is 0. The van der Waals surface area contributed by atoms with Crippen LogP contribution >= 0.6 is 0 Å². The Kier molecular flexibility index (Phi) is 3.78. The normalized spacial score (nSPS) is 10.8. The van der Waals surface area contributed by atoms with Crippen molar-refractivity contribution in [3.05, 3.63) is 52.8 Å². The van der Waals surface area contributed by atoms with Crippen LogP contribution < -0.4 is 15.4 Å². The average Bonchev–Trinajstić information content (AvgIpc) is 2.55. The van der Waals surface area contributed by atoms with Crippen LogP contribution in [0.15, 0.2) is 47.3 Å². The highest BCUT2D eigenvalue weighted by molar-refractivity contribution is 5.95. The number of rotatable bonds is 3. The predicted molar refractivity (Wildman–Crippen MR) is 96.5 cm³/mol. The predicted octanol–water partition coefficient (Wildman–Crippen LogP) is 2.72. The molecule has 5 heteroatoms. The first-order valence-electron chi connectivity index (χ1n) is 7.45. The van der Waals surface area contributed by atoms with Crippen LogP contribution in [0.25, 0.3) is 22.0 Å². The van der Waals surface area contributed by atoms with Crippen LogP contribution in [0.2, 0.25) is 0 Å². The third-order valence-electron chi connectivity index (χ3n) is 3.95. The van der Waals surface area contributed by atoms with E-state index in [1.807, 2.05) is 80.5 Å². The first kappa shape index (κ1) is 15.1. The number of nitrogens with zero attached hydrogens (tertiary/aromatic N) is 3. The summed E-state index contributed by atoms with van der Waals surface area (Å²) in [5.41, 5.74) is 3.71. The lowest BCUT2D eigenvalue weighted by molar-refractivity contribution is 1.02. The number of fused-ring (bicyclic) bond motifs is 1. The minimum atomic E-state index is -0.169. The third kappa shape index (κ3) is 2.77. The fourth-order valence-corrected chi connectivity index (χ4v) is 2.57. The molecular formula is C18H20N4O. The molecule has 0 unspecified atom stereocenters. The SMILES string of the molecule is CN(C)c1ccc(-c2n[nH]c(=O)c3cc(N(C)C)ccc23)cc1. The summed E-state index contributed by atoms with van der Waals surface area (Å²) >= 11 is 0. The first-order valence-corrected chi connectivity index (χ1v) is 7.45. The van der Waals surface area contributed by atoms with Crippen LogP contribution in [0.1, 0.15) is 0 Å². The first-order chi connectivity index (χ1) is 11.0. The van der Waals surface area contributed by atoms with Gasteiger partial charge in [0.25, 0.3) is 5.56 Å². The maximum atomic E-state index is 12.1. The molecule has 0 saturated carbocycles.